The lowest BCUT2D eigenvalue weighted by molar-refractivity contribution is -0.376. The summed E-state index contributed by atoms with van der Waals surface area (Å²) in [5.74, 6) is 0. The van der Waals surface area contributed by atoms with Crippen molar-refractivity contribution in [1.82, 2.24) is 4.98 Å². The number of hydrogen-bond donors (Lipinski definition) is 1. The second-order valence-corrected chi connectivity index (χ2v) is 3.01. The summed E-state index contributed by atoms with van der Waals surface area (Å²) in [5, 5.41) is 0.620. The number of hydrogen-bond acceptors (Lipinski definition) is 3. The average molecular weight is 152 g/mol. The van der Waals surface area contributed by atoms with Crippen molar-refractivity contribution in [3.05, 3.63) is 18.5 Å². The fourth-order valence-corrected chi connectivity index (χ4v) is 1.55. The van der Waals surface area contributed by atoms with E-state index in [4.69, 9.17) is 5.73 Å². The topological polar surface area (TPSA) is 53.0 Å². The number of anilines is 1. The molecular formula is C6H6N3S+. The maximum absolute atomic E-state index is 5.48. The second-order valence-electron chi connectivity index (χ2n) is 1.95. The largest absolute Gasteiger partial charge is 0.375 e. The van der Waals surface area contributed by atoms with Gasteiger partial charge in [-0.05, 0) is 0 Å². The summed E-state index contributed by atoms with van der Waals surface area (Å²) in [7, 11) is 0. The molecule has 0 saturated heterocycles. The van der Waals surface area contributed by atoms with Gasteiger partial charge in [-0.3, -0.25) is 0 Å². The number of fused-ring (bicyclic) bond motifs is 1. The Bertz CT molecular complexity index is 322. The molecule has 0 aliphatic carbocycles. The van der Waals surface area contributed by atoms with Gasteiger partial charge < -0.3 is 5.73 Å². The minimum Gasteiger partial charge on any atom is -0.375 e. The monoisotopic (exact) mass is 152 g/mol. The molecule has 2 aromatic rings. The second kappa shape index (κ2) is 1.91. The molecule has 3 nitrogen and oxygen atoms in total. The minimum absolute atomic E-state index is 0.620. The van der Waals surface area contributed by atoms with Gasteiger partial charge in [0.1, 0.15) is 5.52 Å². The third-order valence-corrected chi connectivity index (χ3v) is 2.11. The average Bonchev–Trinajstić information content (AvgIpc) is 2.27. The van der Waals surface area contributed by atoms with Crippen LogP contribution in [0.25, 0.3) is 10.2 Å². The summed E-state index contributed by atoms with van der Waals surface area (Å²) in [4.78, 5) is 7.02. The van der Waals surface area contributed by atoms with E-state index < -0.39 is 0 Å². The number of aromatic amines is 1. The van der Waals surface area contributed by atoms with Crippen LogP contribution < -0.4 is 10.7 Å². The molecule has 0 aliphatic rings. The number of thiazole rings is 1. The van der Waals surface area contributed by atoms with Gasteiger partial charge in [-0.1, -0.05) is 11.3 Å². The Labute approximate surface area is 61.5 Å². The lowest BCUT2D eigenvalue weighted by atomic mass is 10.5. The van der Waals surface area contributed by atoms with E-state index in [0.29, 0.717) is 5.13 Å². The van der Waals surface area contributed by atoms with E-state index in [1.54, 1.807) is 0 Å². The Kier molecular flexibility index (Phi) is 1.07. The fraction of sp³-hybridized carbons (Fsp3) is 0. The van der Waals surface area contributed by atoms with Crippen molar-refractivity contribution in [2.24, 2.45) is 0 Å². The molecule has 2 aromatic heterocycles. The first-order chi connectivity index (χ1) is 4.86. The molecule has 0 aliphatic heterocycles. The first kappa shape index (κ1) is 5.61. The summed E-state index contributed by atoms with van der Waals surface area (Å²) in [5.41, 5.74) is 6.42. The molecule has 10 heavy (non-hydrogen) atoms. The van der Waals surface area contributed by atoms with Crippen LogP contribution in [0.4, 0.5) is 5.13 Å². The highest BCUT2D eigenvalue weighted by Crippen LogP contribution is 2.20. The van der Waals surface area contributed by atoms with E-state index >= 15 is 0 Å². The molecule has 0 spiro atoms. The van der Waals surface area contributed by atoms with Crippen molar-refractivity contribution in [2.75, 3.05) is 5.73 Å². The summed E-state index contributed by atoms with van der Waals surface area (Å²) < 4.78 is 1.12. The SMILES string of the molecule is Nc1nc2c[nH+]ccc2s1. The number of nitrogens with two attached hydrogens (primary N) is 1. The van der Waals surface area contributed by atoms with Crippen molar-refractivity contribution < 1.29 is 4.98 Å². The molecular weight excluding hydrogens is 146 g/mol. The molecule has 4 heteroatoms. The van der Waals surface area contributed by atoms with Gasteiger partial charge in [-0.25, -0.2) is 9.97 Å². The molecule has 0 amide bonds. The van der Waals surface area contributed by atoms with Crippen LogP contribution in [0.1, 0.15) is 0 Å². The number of nitrogen functional groups attached to an aromatic ring is 1. The normalized spacial score (nSPS) is 10.4. The summed E-state index contributed by atoms with van der Waals surface area (Å²) in [6, 6.07) is 1.96. The van der Waals surface area contributed by atoms with Gasteiger partial charge in [-0.2, -0.15) is 0 Å². The number of aromatic nitrogens is 2. The number of nitrogens with zero attached hydrogens (tertiary/aromatic N) is 1. The minimum atomic E-state index is 0.620. The van der Waals surface area contributed by atoms with Crippen molar-refractivity contribution in [1.29, 1.82) is 0 Å². The number of H-pyrrole nitrogens is 1. The van der Waals surface area contributed by atoms with E-state index in [0.717, 1.165) is 10.2 Å². The van der Waals surface area contributed by atoms with E-state index in [-0.39, 0.29) is 0 Å². The van der Waals surface area contributed by atoms with Gasteiger partial charge in [0.15, 0.2) is 17.5 Å². The van der Waals surface area contributed by atoms with Crippen LogP contribution in [0.15, 0.2) is 18.5 Å². The third-order valence-electron chi connectivity index (χ3n) is 1.25. The number of pyridine rings is 1. The van der Waals surface area contributed by atoms with Crippen molar-refractivity contribution >= 4 is 26.7 Å². The van der Waals surface area contributed by atoms with Gasteiger partial charge in [-0.15, -0.1) is 0 Å². The van der Waals surface area contributed by atoms with Gasteiger partial charge in [0.25, 0.3) is 0 Å². The van der Waals surface area contributed by atoms with Crippen molar-refractivity contribution in [2.45, 2.75) is 0 Å². The molecule has 0 atom stereocenters. The Morgan fingerprint density at radius 2 is 2.50 bits per heavy atom. The fourth-order valence-electron chi connectivity index (χ4n) is 0.835. The molecule has 0 aromatic carbocycles. The van der Waals surface area contributed by atoms with E-state index in [9.17, 15) is 0 Å². The van der Waals surface area contributed by atoms with Gasteiger partial charge in [0, 0.05) is 6.07 Å². The Balaban J connectivity index is 2.88. The van der Waals surface area contributed by atoms with Crippen LogP contribution in [0.3, 0.4) is 0 Å². The van der Waals surface area contributed by atoms with Crippen molar-refractivity contribution in [3.8, 4) is 0 Å². The zero-order chi connectivity index (χ0) is 6.97. The number of rotatable bonds is 0. The van der Waals surface area contributed by atoms with E-state index in [1.165, 1.54) is 11.3 Å². The van der Waals surface area contributed by atoms with Gasteiger partial charge in [0.2, 0.25) is 0 Å². The Hall–Kier alpha value is -1.16. The molecule has 50 valence electrons. The van der Waals surface area contributed by atoms with Crippen LogP contribution in [0, 0.1) is 0 Å². The zero-order valence-corrected chi connectivity index (χ0v) is 5.98. The first-order valence-electron chi connectivity index (χ1n) is 2.88. The lowest BCUT2D eigenvalue weighted by Gasteiger charge is -1.74. The van der Waals surface area contributed by atoms with Crippen LogP contribution >= 0.6 is 11.3 Å². The van der Waals surface area contributed by atoms with E-state index in [2.05, 4.69) is 9.97 Å². The van der Waals surface area contributed by atoms with Crippen LogP contribution in [0.5, 0.6) is 0 Å². The molecule has 2 heterocycles. The van der Waals surface area contributed by atoms with Crippen LogP contribution in [-0.2, 0) is 0 Å². The summed E-state index contributed by atoms with van der Waals surface area (Å²) >= 11 is 1.50. The number of nitrogens with one attached hydrogen (secondary N) is 1. The van der Waals surface area contributed by atoms with Crippen LogP contribution in [0.2, 0.25) is 0 Å². The zero-order valence-electron chi connectivity index (χ0n) is 5.16. The molecule has 0 fully saturated rings. The molecule has 2 rings (SSSR count). The molecule has 3 N–H and O–H groups in total. The summed E-state index contributed by atoms with van der Waals surface area (Å²) in [6.45, 7) is 0. The highest BCUT2D eigenvalue weighted by molar-refractivity contribution is 7.22. The standard InChI is InChI=1S/C6H5N3S/c7-6-9-4-3-8-2-1-5(4)10-6/h1-3H,(H2,7,9)/p+1. The van der Waals surface area contributed by atoms with Gasteiger partial charge in [0.05, 0.1) is 4.70 Å². The first-order valence-corrected chi connectivity index (χ1v) is 3.70. The predicted molar refractivity (Wildman–Crippen MR) is 40.6 cm³/mol. The van der Waals surface area contributed by atoms with Crippen molar-refractivity contribution in [3.63, 3.8) is 0 Å². The van der Waals surface area contributed by atoms with Gasteiger partial charge >= 0.3 is 0 Å². The van der Waals surface area contributed by atoms with E-state index in [1.807, 2.05) is 18.5 Å². The Morgan fingerprint density at radius 1 is 1.60 bits per heavy atom. The maximum Gasteiger partial charge on any atom is 0.194 e. The molecule has 0 radical (unpaired) electrons. The highest BCUT2D eigenvalue weighted by Gasteiger charge is 2.00. The molecule has 0 bridgehead atoms. The molecule has 0 unspecified atom stereocenters. The molecule has 0 saturated carbocycles. The summed E-state index contributed by atoms with van der Waals surface area (Å²) in [6.07, 6.45) is 3.70. The Morgan fingerprint density at radius 3 is 3.30 bits per heavy atom. The predicted octanol–water partition coefficient (Wildman–Crippen LogP) is 0.693. The maximum atomic E-state index is 5.48. The quantitative estimate of drug-likeness (QED) is 0.604. The highest BCUT2D eigenvalue weighted by atomic mass is 32.1. The third kappa shape index (κ3) is 0.733. The smallest absolute Gasteiger partial charge is 0.194 e. The van der Waals surface area contributed by atoms with Crippen LogP contribution in [-0.4, -0.2) is 4.98 Å². The lowest BCUT2D eigenvalue weighted by Crippen LogP contribution is -1.96.